The van der Waals surface area contributed by atoms with E-state index in [4.69, 9.17) is 0 Å². The van der Waals surface area contributed by atoms with E-state index in [1.807, 2.05) is 6.92 Å². The Morgan fingerprint density at radius 3 is 2.22 bits per heavy atom. The molecule has 0 rings (SSSR count). The molecular formula is C9H16. The molecule has 0 heteroatoms. The monoisotopic (exact) mass is 124 g/mol. The zero-order valence-electron chi connectivity index (χ0n) is 6.91. The van der Waals surface area contributed by atoms with E-state index in [2.05, 4.69) is 32.6 Å². The molecule has 9 heavy (non-hydrogen) atoms. The minimum absolute atomic E-state index is 0.240. The lowest BCUT2D eigenvalue weighted by atomic mass is 9.89. The van der Waals surface area contributed by atoms with Crippen LogP contribution in [0.3, 0.4) is 0 Å². The Kier molecular flexibility index (Phi) is 3.39. The summed E-state index contributed by atoms with van der Waals surface area (Å²) in [4.78, 5) is 0. The van der Waals surface area contributed by atoms with Gasteiger partial charge in [-0.3, -0.25) is 0 Å². The van der Waals surface area contributed by atoms with Crippen LogP contribution in [0.25, 0.3) is 0 Å². The summed E-state index contributed by atoms with van der Waals surface area (Å²) < 4.78 is 0. The third-order valence-corrected chi connectivity index (χ3v) is 1.34. The molecule has 0 spiro atoms. The van der Waals surface area contributed by atoms with Crippen molar-refractivity contribution in [1.29, 1.82) is 0 Å². The quantitative estimate of drug-likeness (QED) is 0.496. The topological polar surface area (TPSA) is 0 Å². The van der Waals surface area contributed by atoms with Crippen molar-refractivity contribution in [2.24, 2.45) is 5.41 Å². The van der Waals surface area contributed by atoms with Gasteiger partial charge in [0.25, 0.3) is 0 Å². The molecule has 0 aliphatic carbocycles. The first-order valence-electron chi connectivity index (χ1n) is 3.56. The molecule has 0 saturated heterocycles. The van der Waals surface area contributed by atoms with E-state index < -0.39 is 0 Å². The largest absolute Gasteiger partial charge is 0.106 e. The van der Waals surface area contributed by atoms with Gasteiger partial charge in [-0.1, -0.05) is 19.3 Å². The number of hydrogen-bond donors (Lipinski definition) is 0. The van der Waals surface area contributed by atoms with Crippen LogP contribution in [0.2, 0.25) is 0 Å². The predicted molar refractivity (Wildman–Crippen MR) is 42.1 cm³/mol. The molecule has 0 aliphatic heterocycles. The Labute approximate surface area is 58.7 Å². The summed E-state index contributed by atoms with van der Waals surface area (Å²) in [5.74, 6) is 6.12. The molecular weight excluding hydrogens is 108 g/mol. The Bertz CT molecular complexity index is 121. The second kappa shape index (κ2) is 3.56. The van der Waals surface area contributed by atoms with Gasteiger partial charge >= 0.3 is 0 Å². The van der Waals surface area contributed by atoms with E-state index in [9.17, 15) is 0 Å². The van der Waals surface area contributed by atoms with Gasteiger partial charge in [-0.05, 0) is 27.2 Å². The van der Waals surface area contributed by atoms with Crippen molar-refractivity contribution in [2.45, 2.75) is 40.5 Å². The zero-order chi connectivity index (χ0) is 7.33. The number of rotatable bonds is 2. The molecule has 0 aliphatic rings. The lowest BCUT2D eigenvalue weighted by Gasteiger charge is -2.14. The molecule has 0 nitrogen and oxygen atoms in total. The fourth-order valence-electron chi connectivity index (χ4n) is 1.03. The molecule has 52 valence electrons. The van der Waals surface area contributed by atoms with Gasteiger partial charge in [-0.25, -0.2) is 0 Å². The molecule has 0 atom stereocenters. The fraction of sp³-hybridized carbons (Fsp3) is 0.778. The molecule has 0 radical (unpaired) electrons. The lowest BCUT2D eigenvalue weighted by molar-refractivity contribution is 0.452. The third kappa shape index (κ3) is 4.09. The molecule has 0 unspecified atom stereocenters. The van der Waals surface area contributed by atoms with Crippen molar-refractivity contribution < 1.29 is 0 Å². The molecule has 0 amide bonds. The van der Waals surface area contributed by atoms with Gasteiger partial charge in [-0.2, -0.15) is 0 Å². The molecule has 0 bridgehead atoms. The van der Waals surface area contributed by atoms with Gasteiger partial charge in [-0.15, -0.1) is 5.92 Å². The van der Waals surface area contributed by atoms with Crippen molar-refractivity contribution in [3.05, 3.63) is 0 Å². The molecule has 0 N–H and O–H groups in total. The summed E-state index contributed by atoms with van der Waals surface area (Å²) in [5.41, 5.74) is 0.240. The van der Waals surface area contributed by atoms with Crippen LogP contribution in [-0.2, 0) is 0 Å². The first kappa shape index (κ1) is 8.56. The highest BCUT2D eigenvalue weighted by molar-refractivity contribution is 5.06. The molecule has 0 aromatic carbocycles. The Morgan fingerprint density at radius 2 is 1.89 bits per heavy atom. The summed E-state index contributed by atoms with van der Waals surface area (Å²) in [5, 5.41) is 0. The van der Waals surface area contributed by atoms with E-state index in [-0.39, 0.29) is 5.41 Å². The van der Waals surface area contributed by atoms with E-state index in [0.717, 1.165) is 0 Å². The fourth-order valence-corrected chi connectivity index (χ4v) is 1.03. The smallest absolute Gasteiger partial charge is 0.0258 e. The van der Waals surface area contributed by atoms with Gasteiger partial charge in [0.05, 0.1) is 0 Å². The average molecular weight is 124 g/mol. The minimum atomic E-state index is 0.240. The zero-order valence-corrected chi connectivity index (χ0v) is 6.91. The minimum Gasteiger partial charge on any atom is -0.106 e. The normalized spacial score (nSPS) is 10.2. The maximum atomic E-state index is 3.17. The maximum absolute atomic E-state index is 3.17. The Hall–Kier alpha value is -0.440. The van der Waals surface area contributed by atoms with Crippen molar-refractivity contribution in [1.82, 2.24) is 0 Å². The first-order chi connectivity index (χ1) is 4.12. The van der Waals surface area contributed by atoms with Crippen molar-refractivity contribution in [3.63, 3.8) is 0 Å². The molecule has 0 fully saturated rings. The van der Waals surface area contributed by atoms with Crippen molar-refractivity contribution in [2.75, 3.05) is 0 Å². The summed E-state index contributed by atoms with van der Waals surface area (Å²) in [7, 11) is 0. The molecule has 0 heterocycles. The van der Waals surface area contributed by atoms with Gasteiger partial charge in [0.1, 0.15) is 0 Å². The van der Waals surface area contributed by atoms with Crippen LogP contribution in [0, 0.1) is 17.3 Å². The molecule has 0 aromatic rings. The van der Waals surface area contributed by atoms with Crippen LogP contribution >= 0.6 is 0 Å². The molecule has 0 aromatic heterocycles. The van der Waals surface area contributed by atoms with E-state index in [0.29, 0.717) is 0 Å². The van der Waals surface area contributed by atoms with Crippen LogP contribution in [0.15, 0.2) is 0 Å². The van der Waals surface area contributed by atoms with Crippen LogP contribution < -0.4 is 0 Å². The Balaban J connectivity index is 3.80. The van der Waals surface area contributed by atoms with E-state index >= 15 is 0 Å². The van der Waals surface area contributed by atoms with Gasteiger partial charge in [0.15, 0.2) is 0 Å². The van der Waals surface area contributed by atoms with Crippen LogP contribution in [0.1, 0.15) is 40.5 Å². The number of hydrogen-bond acceptors (Lipinski definition) is 0. The standard InChI is InChI=1S/C9H16/c1-5-7-9(3,4)8-6-2/h5,7H2,1-4H3. The van der Waals surface area contributed by atoms with E-state index in [1.165, 1.54) is 12.8 Å². The average Bonchev–Trinajstić information content (AvgIpc) is 1.64. The molecule has 0 saturated carbocycles. The van der Waals surface area contributed by atoms with Gasteiger partial charge in [0.2, 0.25) is 0 Å². The van der Waals surface area contributed by atoms with Crippen molar-refractivity contribution >= 4 is 0 Å². The van der Waals surface area contributed by atoms with E-state index in [1.54, 1.807) is 0 Å². The van der Waals surface area contributed by atoms with Crippen LogP contribution in [-0.4, -0.2) is 0 Å². The Morgan fingerprint density at radius 1 is 1.33 bits per heavy atom. The van der Waals surface area contributed by atoms with Crippen molar-refractivity contribution in [3.8, 4) is 11.8 Å². The predicted octanol–water partition coefficient (Wildman–Crippen LogP) is 2.84. The summed E-state index contributed by atoms with van der Waals surface area (Å²) in [6, 6.07) is 0. The summed E-state index contributed by atoms with van der Waals surface area (Å²) in [6.45, 7) is 8.47. The first-order valence-corrected chi connectivity index (χ1v) is 3.56. The van der Waals surface area contributed by atoms with Crippen LogP contribution in [0.4, 0.5) is 0 Å². The second-order valence-electron chi connectivity index (χ2n) is 3.01. The summed E-state index contributed by atoms with van der Waals surface area (Å²) in [6.07, 6.45) is 2.43. The van der Waals surface area contributed by atoms with Gasteiger partial charge < -0.3 is 0 Å². The van der Waals surface area contributed by atoms with Gasteiger partial charge in [0, 0.05) is 5.41 Å². The highest BCUT2D eigenvalue weighted by Crippen LogP contribution is 2.19. The summed E-state index contributed by atoms with van der Waals surface area (Å²) >= 11 is 0. The SMILES string of the molecule is CC#CC(C)(C)CCC. The second-order valence-corrected chi connectivity index (χ2v) is 3.01. The van der Waals surface area contributed by atoms with Crippen LogP contribution in [0.5, 0.6) is 0 Å². The maximum Gasteiger partial charge on any atom is 0.0258 e. The highest BCUT2D eigenvalue weighted by Gasteiger charge is 2.10. The third-order valence-electron chi connectivity index (χ3n) is 1.34. The highest BCUT2D eigenvalue weighted by atomic mass is 14.1. The lowest BCUT2D eigenvalue weighted by Crippen LogP contribution is -2.06.